The molecule has 2 fully saturated rings. The van der Waals surface area contributed by atoms with Gasteiger partial charge >= 0.3 is 0 Å². The fourth-order valence-electron chi connectivity index (χ4n) is 3.93. The van der Waals surface area contributed by atoms with E-state index in [4.69, 9.17) is 14.0 Å². The maximum atomic E-state index is 10.7. The highest BCUT2D eigenvalue weighted by atomic mass is 16.6. The van der Waals surface area contributed by atoms with Crippen LogP contribution in [0.2, 0.25) is 0 Å². The first-order valence-corrected chi connectivity index (χ1v) is 10.1. The van der Waals surface area contributed by atoms with Crippen LogP contribution in [-0.4, -0.2) is 66.4 Å². The Bertz CT molecular complexity index is 1020. The summed E-state index contributed by atoms with van der Waals surface area (Å²) in [6.07, 6.45) is 1.38. The van der Waals surface area contributed by atoms with Gasteiger partial charge in [-0.05, 0) is 19.3 Å². The van der Waals surface area contributed by atoms with Crippen molar-refractivity contribution in [2.45, 2.75) is 56.8 Å². The molecule has 5 heterocycles. The molecule has 0 radical (unpaired) electrons. The highest BCUT2D eigenvalue weighted by Gasteiger charge is 2.46. The Hall–Kier alpha value is -2.60. The maximum absolute atomic E-state index is 10.7. The van der Waals surface area contributed by atoms with E-state index in [9.17, 15) is 10.2 Å². The summed E-state index contributed by atoms with van der Waals surface area (Å²) in [5.41, 5.74) is 1.83. The lowest BCUT2D eigenvalue weighted by Gasteiger charge is -2.23. The molecule has 0 aliphatic carbocycles. The predicted molar refractivity (Wildman–Crippen MR) is 104 cm³/mol. The number of nitrogens with zero attached hydrogens (tertiary/aromatic N) is 5. The zero-order chi connectivity index (χ0) is 20.7. The summed E-state index contributed by atoms with van der Waals surface area (Å²) in [5, 5.41) is 28.6. The molecule has 0 spiro atoms. The third kappa shape index (κ3) is 3.33. The summed E-state index contributed by atoms with van der Waals surface area (Å²) < 4.78 is 18.3. The largest absolute Gasteiger partial charge is 0.387 e. The van der Waals surface area contributed by atoms with Crippen LogP contribution in [-0.2, 0) is 15.9 Å². The first-order valence-electron chi connectivity index (χ1n) is 10.1. The van der Waals surface area contributed by atoms with Crippen molar-refractivity contribution < 1.29 is 24.2 Å². The molecule has 3 aromatic rings. The summed E-state index contributed by atoms with van der Waals surface area (Å²) in [5.74, 6) is 1.000. The van der Waals surface area contributed by atoms with Crippen LogP contribution in [0.15, 0.2) is 23.2 Å². The predicted octanol–water partition coefficient (Wildman–Crippen LogP) is 0.959. The smallest absolute Gasteiger partial charge is 0.168 e. The Labute approximate surface area is 172 Å². The molecular weight excluding hydrogens is 392 g/mol. The van der Waals surface area contributed by atoms with E-state index in [0.29, 0.717) is 42.4 Å². The normalized spacial score (nSPS) is 27.7. The van der Waals surface area contributed by atoms with E-state index in [2.05, 4.69) is 25.4 Å². The number of imidazole rings is 1. The highest BCUT2D eigenvalue weighted by Crippen LogP contribution is 2.40. The molecule has 4 atom stereocenters. The molecule has 160 valence electrons. The molecule has 3 N–H and O–H groups in total. The first-order chi connectivity index (χ1) is 14.7. The lowest BCUT2D eigenvalue weighted by molar-refractivity contribution is -0.0434. The van der Waals surface area contributed by atoms with Crippen molar-refractivity contribution in [2.24, 2.45) is 0 Å². The van der Waals surface area contributed by atoms with Gasteiger partial charge in [-0.1, -0.05) is 12.1 Å². The van der Waals surface area contributed by atoms with Gasteiger partial charge in [0.25, 0.3) is 0 Å². The first kappa shape index (κ1) is 19.4. The van der Waals surface area contributed by atoms with Gasteiger partial charge in [0, 0.05) is 25.3 Å². The van der Waals surface area contributed by atoms with Crippen molar-refractivity contribution in [1.29, 1.82) is 0 Å². The van der Waals surface area contributed by atoms with Gasteiger partial charge in [0.15, 0.2) is 29.0 Å². The molecule has 0 unspecified atom stereocenters. The van der Waals surface area contributed by atoms with E-state index in [1.54, 1.807) is 10.6 Å². The van der Waals surface area contributed by atoms with Gasteiger partial charge in [-0.15, -0.1) is 0 Å². The van der Waals surface area contributed by atoms with E-state index in [1.165, 1.54) is 12.7 Å². The number of aryl methyl sites for hydroxylation is 1. The number of ether oxygens (including phenoxy) is 2. The third-order valence-electron chi connectivity index (χ3n) is 5.65. The van der Waals surface area contributed by atoms with Crippen LogP contribution in [0.4, 0.5) is 5.82 Å². The summed E-state index contributed by atoms with van der Waals surface area (Å²) in [4.78, 5) is 13.1. The van der Waals surface area contributed by atoms with Gasteiger partial charge in [-0.2, -0.15) is 0 Å². The van der Waals surface area contributed by atoms with Crippen molar-refractivity contribution in [2.75, 3.05) is 18.5 Å². The van der Waals surface area contributed by atoms with Crippen LogP contribution in [0.1, 0.15) is 43.6 Å². The zero-order valence-corrected chi connectivity index (χ0v) is 16.5. The van der Waals surface area contributed by atoms with E-state index in [-0.39, 0.29) is 6.04 Å². The topological polar surface area (TPSA) is 141 Å². The van der Waals surface area contributed by atoms with E-state index < -0.39 is 24.5 Å². The number of nitrogens with one attached hydrogen (secondary N) is 1. The van der Waals surface area contributed by atoms with Crippen molar-refractivity contribution in [3.8, 4) is 0 Å². The monoisotopic (exact) mass is 416 g/mol. The van der Waals surface area contributed by atoms with Crippen molar-refractivity contribution in [1.82, 2.24) is 24.7 Å². The molecule has 0 saturated carbocycles. The Morgan fingerprint density at radius 3 is 2.77 bits per heavy atom. The zero-order valence-electron chi connectivity index (χ0n) is 16.5. The fourth-order valence-corrected chi connectivity index (χ4v) is 3.93. The third-order valence-corrected chi connectivity index (χ3v) is 5.65. The molecule has 2 aliphatic rings. The number of aliphatic hydroxyl groups excluding tert-OH is 2. The lowest BCUT2D eigenvalue weighted by atomic mass is 10.1. The number of hydrogen-bond donors (Lipinski definition) is 3. The minimum atomic E-state index is -1.19. The number of fused-ring (bicyclic) bond motifs is 1. The molecule has 5 rings (SSSR count). The van der Waals surface area contributed by atoms with Crippen LogP contribution in [0.3, 0.4) is 0 Å². The Balaban J connectivity index is 1.42. The number of anilines is 1. The molecule has 0 bridgehead atoms. The lowest BCUT2D eigenvalue weighted by Crippen LogP contribution is -2.29. The number of aliphatic hydroxyl groups is 2. The maximum Gasteiger partial charge on any atom is 0.168 e. The van der Waals surface area contributed by atoms with E-state index in [0.717, 1.165) is 18.5 Å². The van der Waals surface area contributed by atoms with Crippen molar-refractivity contribution >= 4 is 17.0 Å². The van der Waals surface area contributed by atoms with E-state index in [1.807, 2.05) is 6.92 Å². The van der Waals surface area contributed by atoms with Gasteiger partial charge in [0.2, 0.25) is 0 Å². The summed E-state index contributed by atoms with van der Waals surface area (Å²) in [7, 11) is 0. The average molecular weight is 416 g/mol. The van der Waals surface area contributed by atoms with Crippen LogP contribution in [0.5, 0.6) is 0 Å². The second-order valence-corrected chi connectivity index (χ2v) is 7.58. The second kappa shape index (κ2) is 7.91. The molecule has 11 nitrogen and oxygen atoms in total. The molecule has 11 heteroatoms. The van der Waals surface area contributed by atoms with E-state index >= 15 is 0 Å². The minimum absolute atomic E-state index is 0.251. The number of hydrogen-bond acceptors (Lipinski definition) is 10. The number of aromatic nitrogens is 5. The standard InChI is InChI=1S/C19H24N6O5/c1-2-10-7-12(30-24-10)16-14(26)15(27)19(29-16)25-9-22-13-17(20-8-21-18(13)25)23-11-3-5-28-6-4-11/h7-9,11,14-16,19,26-27H,2-6H2,1H3,(H,20,21,23)/t14-,15+,16+,19+/m0/s1. The van der Waals surface area contributed by atoms with Crippen molar-refractivity contribution in [3.05, 3.63) is 30.2 Å². The highest BCUT2D eigenvalue weighted by molar-refractivity contribution is 5.82. The Morgan fingerprint density at radius 2 is 2.00 bits per heavy atom. The molecule has 30 heavy (non-hydrogen) atoms. The number of rotatable bonds is 5. The summed E-state index contributed by atoms with van der Waals surface area (Å²) >= 11 is 0. The SMILES string of the molecule is CCc1cc([C@H]2O[C@@H](n3cnc4c(NC5CCOCC5)ncnc43)[C@H](O)[C@@H]2O)on1. The summed E-state index contributed by atoms with van der Waals surface area (Å²) in [6, 6.07) is 1.98. The van der Waals surface area contributed by atoms with Crippen LogP contribution in [0, 0.1) is 0 Å². The minimum Gasteiger partial charge on any atom is -0.387 e. The average Bonchev–Trinajstić information content (AvgIpc) is 3.48. The Morgan fingerprint density at radius 1 is 1.17 bits per heavy atom. The fraction of sp³-hybridized carbons (Fsp3) is 0.579. The second-order valence-electron chi connectivity index (χ2n) is 7.58. The molecule has 0 aromatic carbocycles. The molecule has 2 aliphatic heterocycles. The molecule has 2 saturated heterocycles. The Kier molecular flexibility index (Phi) is 5.11. The summed E-state index contributed by atoms with van der Waals surface area (Å²) in [6.45, 7) is 3.38. The van der Waals surface area contributed by atoms with Gasteiger partial charge in [0.1, 0.15) is 24.6 Å². The van der Waals surface area contributed by atoms with Gasteiger partial charge in [-0.3, -0.25) is 4.57 Å². The van der Waals surface area contributed by atoms with Gasteiger partial charge < -0.3 is 29.5 Å². The van der Waals surface area contributed by atoms with Crippen LogP contribution < -0.4 is 5.32 Å². The van der Waals surface area contributed by atoms with Crippen LogP contribution >= 0.6 is 0 Å². The van der Waals surface area contributed by atoms with Crippen LogP contribution in [0.25, 0.3) is 11.2 Å². The molecule has 0 amide bonds. The van der Waals surface area contributed by atoms with Crippen molar-refractivity contribution in [3.63, 3.8) is 0 Å². The molecule has 3 aromatic heterocycles. The molecular formula is C19H24N6O5. The van der Waals surface area contributed by atoms with Gasteiger partial charge in [-0.25, -0.2) is 15.0 Å². The quantitative estimate of drug-likeness (QED) is 0.551. The van der Waals surface area contributed by atoms with Gasteiger partial charge in [0.05, 0.1) is 12.0 Å².